The van der Waals surface area contributed by atoms with Gasteiger partial charge in [0, 0.05) is 5.69 Å². The number of aryl methyl sites for hydroxylation is 1. The number of primary amides is 1. The quantitative estimate of drug-likeness (QED) is 0.507. The minimum absolute atomic E-state index is 0.675. The van der Waals surface area contributed by atoms with Crippen LogP contribution in [-0.2, 0) is 0 Å². The van der Waals surface area contributed by atoms with Gasteiger partial charge >= 0.3 is 6.03 Å². The zero-order chi connectivity index (χ0) is 9.68. The third kappa shape index (κ3) is 3.33. The number of urea groups is 1. The van der Waals surface area contributed by atoms with Gasteiger partial charge in [-0.25, -0.2) is 10.2 Å². The number of carbonyl (C=O) groups is 1. The molecule has 0 saturated carbocycles. The maximum Gasteiger partial charge on any atom is 0.332 e. The SMILES string of the molecule is Cc1cccc(/C=N\NC(N)=O)n1. The molecule has 1 aromatic heterocycles. The van der Waals surface area contributed by atoms with E-state index in [2.05, 4.69) is 15.5 Å². The molecule has 0 aromatic carbocycles. The number of nitrogens with one attached hydrogen (secondary N) is 1. The highest BCUT2D eigenvalue weighted by Gasteiger charge is 1.89. The molecule has 0 bridgehead atoms. The van der Waals surface area contributed by atoms with Crippen LogP contribution in [0.5, 0.6) is 0 Å². The van der Waals surface area contributed by atoms with Gasteiger partial charge in [-0.2, -0.15) is 5.10 Å². The molecular weight excluding hydrogens is 168 g/mol. The van der Waals surface area contributed by atoms with Crippen molar-refractivity contribution in [1.82, 2.24) is 10.4 Å². The van der Waals surface area contributed by atoms with Gasteiger partial charge in [-0.15, -0.1) is 0 Å². The monoisotopic (exact) mass is 178 g/mol. The molecule has 0 atom stereocenters. The molecule has 0 saturated heterocycles. The summed E-state index contributed by atoms with van der Waals surface area (Å²) in [4.78, 5) is 14.4. The molecule has 68 valence electrons. The second-order valence-electron chi connectivity index (χ2n) is 2.44. The summed E-state index contributed by atoms with van der Waals surface area (Å²) < 4.78 is 0. The van der Waals surface area contributed by atoms with Crippen LogP contribution in [0.15, 0.2) is 23.3 Å². The van der Waals surface area contributed by atoms with E-state index in [1.54, 1.807) is 6.07 Å². The third-order valence-electron chi connectivity index (χ3n) is 1.28. The standard InChI is InChI=1S/C8H10N4O/c1-6-3-2-4-7(11-6)5-10-12-8(9)13/h2-5H,1H3,(H3,9,12,13)/b10-5-. The third-order valence-corrected chi connectivity index (χ3v) is 1.28. The fraction of sp³-hybridized carbons (Fsp3) is 0.125. The molecule has 1 aromatic rings. The van der Waals surface area contributed by atoms with Gasteiger partial charge < -0.3 is 5.73 Å². The number of aromatic nitrogens is 1. The van der Waals surface area contributed by atoms with Crippen molar-refractivity contribution in [3.05, 3.63) is 29.6 Å². The summed E-state index contributed by atoms with van der Waals surface area (Å²) >= 11 is 0. The van der Waals surface area contributed by atoms with Crippen LogP contribution >= 0.6 is 0 Å². The van der Waals surface area contributed by atoms with Crippen LogP contribution in [0.25, 0.3) is 0 Å². The van der Waals surface area contributed by atoms with E-state index in [1.165, 1.54) is 6.21 Å². The largest absolute Gasteiger partial charge is 0.350 e. The smallest absolute Gasteiger partial charge is 0.332 e. The molecule has 0 fully saturated rings. The van der Waals surface area contributed by atoms with E-state index >= 15 is 0 Å². The summed E-state index contributed by atoms with van der Waals surface area (Å²) in [7, 11) is 0. The summed E-state index contributed by atoms with van der Waals surface area (Å²) in [6, 6.07) is 4.82. The molecule has 1 rings (SSSR count). The number of hydrogen-bond donors (Lipinski definition) is 2. The Morgan fingerprint density at radius 3 is 3.08 bits per heavy atom. The topological polar surface area (TPSA) is 80.4 Å². The number of carbonyl (C=O) groups excluding carboxylic acids is 1. The number of nitrogens with two attached hydrogens (primary N) is 1. The molecule has 0 unspecified atom stereocenters. The Hall–Kier alpha value is -1.91. The fourth-order valence-electron chi connectivity index (χ4n) is 0.798. The summed E-state index contributed by atoms with van der Waals surface area (Å²) in [6.07, 6.45) is 1.43. The van der Waals surface area contributed by atoms with Gasteiger partial charge in [0.1, 0.15) is 0 Å². The van der Waals surface area contributed by atoms with Gasteiger partial charge in [0.05, 0.1) is 11.9 Å². The molecule has 2 amide bonds. The number of amides is 2. The summed E-state index contributed by atoms with van der Waals surface area (Å²) in [5.74, 6) is 0. The number of nitrogens with zero attached hydrogens (tertiary/aromatic N) is 2. The predicted molar refractivity (Wildman–Crippen MR) is 49.3 cm³/mol. The molecule has 0 spiro atoms. The van der Waals surface area contributed by atoms with Gasteiger partial charge in [-0.3, -0.25) is 4.98 Å². The van der Waals surface area contributed by atoms with Gasteiger partial charge in [0.25, 0.3) is 0 Å². The normalized spacial score (nSPS) is 10.2. The van der Waals surface area contributed by atoms with Gasteiger partial charge in [-0.1, -0.05) is 6.07 Å². The Labute approximate surface area is 75.7 Å². The van der Waals surface area contributed by atoms with Crippen molar-refractivity contribution in [3.8, 4) is 0 Å². The molecule has 0 radical (unpaired) electrons. The molecule has 3 N–H and O–H groups in total. The molecule has 5 nitrogen and oxygen atoms in total. The van der Waals surface area contributed by atoms with E-state index in [4.69, 9.17) is 5.73 Å². The molecular formula is C8H10N4O. The van der Waals surface area contributed by atoms with E-state index in [0.29, 0.717) is 5.69 Å². The first kappa shape index (κ1) is 9.18. The van der Waals surface area contributed by atoms with Crippen molar-refractivity contribution in [2.45, 2.75) is 6.92 Å². The highest BCUT2D eigenvalue weighted by molar-refractivity contribution is 5.79. The number of hydrazone groups is 1. The lowest BCUT2D eigenvalue weighted by molar-refractivity contribution is 0.249. The van der Waals surface area contributed by atoms with Crippen LogP contribution in [0.4, 0.5) is 4.79 Å². The maximum atomic E-state index is 10.2. The molecule has 13 heavy (non-hydrogen) atoms. The van der Waals surface area contributed by atoms with Crippen molar-refractivity contribution in [2.24, 2.45) is 10.8 Å². The number of rotatable bonds is 2. The van der Waals surface area contributed by atoms with E-state index < -0.39 is 6.03 Å². The summed E-state index contributed by atoms with van der Waals surface area (Å²) in [5.41, 5.74) is 8.45. The lowest BCUT2D eigenvalue weighted by Crippen LogP contribution is -2.24. The van der Waals surface area contributed by atoms with Crippen LogP contribution < -0.4 is 11.2 Å². The number of pyridine rings is 1. The van der Waals surface area contributed by atoms with Gasteiger partial charge in [-0.05, 0) is 19.1 Å². The first-order valence-electron chi connectivity index (χ1n) is 3.70. The first-order valence-corrected chi connectivity index (χ1v) is 3.70. The minimum Gasteiger partial charge on any atom is -0.350 e. The molecule has 0 aliphatic rings. The average Bonchev–Trinajstić information content (AvgIpc) is 2.03. The van der Waals surface area contributed by atoms with Crippen molar-refractivity contribution in [2.75, 3.05) is 0 Å². The minimum atomic E-state index is -0.691. The van der Waals surface area contributed by atoms with Gasteiger partial charge in [0.2, 0.25) is 0 Å². The van der Waals surface area contributed by atoms with Crippen LogP contribution in [0.3, 0.4) is 0 Å². The van der Waals surface area contributed by atoms with E-state index in [1.807, 2.05) is 19.1 Å². The van der Waals surface area contributed by atoms with Crippen molar-refractivity contribution in [3.63, 3.8) is 0 Å². The highest BCUT2D eigenvalue weighted by atomic mass is 16.2. The van der Waals surface area contributed by atoms with Gasteiger partial charge in [0.15, 0.2) is 0 Å². The molecule has 0 aliphatic carbocycles. The zero-order valence-electron chi connectivity index (χ0n) is 7.19. The second-order valence-corrected chi connectivity index (χ2v) is 2.44. The van der Waals surface area contributed by atoms with Crippen LogP contribution in [0, 0.1) is 6.92 Å². The van der Waals surface area contributed by atoms with E-state index in [9.17, 15) is 4.79 Å². The molecule has 0 aliphatic heterocycles. The second kappa shape index (κ2) is 4.20. The maximum absolute atomic E-state index is 10.2. The van der Waals surface area contributed by atoms with Crippen molar-refractivity contribution < 1.29 is 4.79 Å². The van der Waals surface area contributed by atoms with E-state index in [-0.39, 0.29) is 0 Å². The zero-order valence-corrected chi connectivity index (χ0v) is 7.19. The van der Waals surface area contributed by atoms with Crippen molar-refractivity contribution >= 4 is 12.2 Å². The van der Waals surface area contributed by atoms with Crippen LogP contribution in [0.1, 0.15) is 11.4 Å². The lowest BCUT2D eigenvalue weighted by atomic mass is 10.3. The average molecular weight is 178 g/mol. The summed E-state index contributed by atoms with van der Waals surface area (Å²) in [6.45, 7) is 1.87. The Bertz CT molecular complexity index is 335. The predicted octanol–water partition coefficient (Wildman–Crippen LogP) is 0.392. The highest BCUT2D eigenvalue weighted by Crippen LogP contribution is 1.94. The van der Waals surface area contributed by atoms with Crippen molar-refractivity contribution in [1.29, 1.82) is 0 Å². The molecule has 5 heteroatoms. The Morgan fingerprint density at radius 1 is 1.69 bits per heavy atom. The van der Waals surface area contributed by atoms with E-state index in [0.717, 1.165) is 5.69 Å². The Morgan fingerprint density at radius 2 is 2.46 bits per heavy atom. The lowest BCUT2D eigenvalue weighted by Gasteiger charge is -1.94. The summed E-state index contributed by atoms with van der Waals surface area (Å²) in [5, 5.41) is 3.57. The Balaban J connectivity index is 2.63. The fourth-order valence-corrected chi connectivity index (χ4v) is 0.798. The molecule has 1 heterocycles. The van der Waals surface area contributed by atoms with Crippen LogP contribution in [0.2, 0.25) is 0 Å². The first-order chi connectivity index (χ1) is 6.18. The van der Waals surface area contributed by atoms with Crippen LogP contribution in [-0.4, -0.2) is 17.2 Å². The number of hydrogen-bond acceptors (Lipinski definition) is 3. The Kier molecular flexibility index (Phi) is 2.97.